The minimum absolute atomic E-state index is 0.579. The minimum atomic E-state index is 0.579. The molecule has 0 radical (unpaired) electrons. The quantitative estimate of drug-likeness (QED) is 0.743. The van der Waals surface area contributed by atoms with Crippen LogP contribution in [0.4, 0.5) is 5.69 Å². The van der Waals surface area contributed by atoms with Gasteiger partial charge in [-0.15, -0.1) is 0 Å². The molecule has 2 rings (SSSR count). The Morgan fingerprint density at radius 3 is 3.07 bits per heavy atom. The molecule has 14 heavy (non-hydrogen) atoms. The molecule has 1 atom stereocenters. The topological polar surface area (TPSA) is 37.0 Å². The monoisotopic (exact) mass is 191 g/mol. The van der Waals surface area contributed by atoms with E-state index in [9.17, 15) is 0 Å². The van der Waals surface area contributed by atoms with E-state index in [1.54, 1.807) is 0 Å². The van der Waals surface area contributed by atoms with E-state index in [2.05, 4.69) is 28.6 Å². The highest BCUT2D eigenvalue weighted by Gasteiger charge is 2.14. The number of rotatable bonds is 2. The lowest BCUT2D eigenvalue weighted by Gasteiger charge is -2.15. The molecule has 1 aliphatic rings. The number of aromatic nitrogens is 1. The molecule has 3 heteroatoms. The average molecular weight is 191 g/mol. The number of anilines is 1. The summed E-state index contributed by atoms with van der Waals surface area (Å²) < 4.78 is 0. The summed E-state index contributed by atoms with van der Waals surface area (Å²) in [5, 5.41) is 6.90. The summed E-state index contributed by atoms with van der Waals surface area (Å²) in [6.45, 7) is 6.36. The van der Waals surface area contributed by atoms with Gasteiger partial charge in [-0.3, -0.25) is 4.98 Å². The number of nitrogens with one attached hydrogen (secondary N) is 2. The molecule has 1 aliphatic heterocycles. The highest BCUT2D eigenvalue weighted by Crippen LogP contribution is 2.18. The third-order valence-corrected chi connectivity index (χ3v) is 2.88. The second kappa shape index (κ2) is 3.96. The van der Waals surface area contributed by atoms with Crippen molar-refractivity contribution in [1.82, 2.24) is 10.3 Å². The fourth-order valence-corrected chi connectivity index (χ4v) is 1.79. The fraction of sp³-hybridized carbons (Fsp3) is 0.545. The number of pyridine rings is 1. The maximum atomic E-state index is 4.26. The maximum absolute atomic E-state index is 4.26. The van der Waals surface area contributed by atoms with Gasteiger partial charge in [0.25, 0.3) is 0 Å². The summed E-state index contributed by atoms with van der Waals surface area (Å²) in [5.41, 5.74) is 3.60. The lowest BCUT2D eigenvalue weighted by Crippen LogP contribution is -2.22. The first kappa shape index (κ1) is 9.46. The van der Waals surface area contributed by atoms with Crippen molar-refractivity contribution in [2.45, 2.75) is 26.3 Å². The van der Waals surface area contributed by atoms with E-state index in [-0.39, 0.29) is 0 Å². The molecule has 2 N–H and O–H groups in total. The van der Waals surface area contributed by atoms with Crippen LogP contribution >= 0.6 is 0 Å². The molecule has 0 aromatic carbocycles. The molecule has 1 aromatic heterocycles. The molecule has 3 nitrogen and oxygen atoms in total. The zero-order valence-corrected chi connectivity index (χ0v) is 8.80. The Hall–Kier alpha value is -1.09. The molecule has 0 saturated carbocycles. The first-order valence-corrected chi connectivity index (χ1v) is 5.17. The zero-order valence-electron chi connectivity index (χ0n) is 8.80. The van der Waals surface area contributed by atoms with Gasteiger partial charge in [0.15, 0.2) is 0 Å². The molecule has 76 valence electrons. The molecule has 0 spiro atoms. The van der Waals surface area contributed by atoms with Gasteiger partial charge in [0.1, 0.15) is 0 Å². The van der Waals surface area contributed by atoms with Gasteiger partial charge in [0.2, 0.25) is 0 Å². The van der Waals surface area contributed by atoms with Gasteiger partial charge in [-0.1, -0.05) is 0 Å². The van der Waals surface area contributed by atoms with Gasteiger partial charge in [-0.25, -0.2) is 0 Å². The van der Waals surface area contributed by atoms with Crippen LogP contribution in [0.15, 0.2) is 12.3 Å². The van der Waals surface area contributed by atoms with Crippen molar-refractivity contribution < 1.29 is 0 Å². The standard InChI is InChI=1S/C11H17N3/c1-8-9(2)13-6-4-11(8)14-10-3-5-12-7-10/h4,6,10,12H,3,5,7H2,1-2H3,(H,13,14). The Balaban J connectivity index is 2.11. The van der Waals surface area contributed by atoms with Crippen molar-refractivity contribution in [3.63, 3.8) is 0 Å². The molecule has 0 bridgehead atoms. The summed E-state index contributed by atoms with van der Waals surface area (Å²) in [7, 11) is 0. The summed E-state index contributed by atoms with van der Waals surface area (Å²) in [6.07, 6.45) is 3.08. The fourth-order valence-electron chi connectivity index (χ4n) is 1.79. The molecule has 1 unspecified atom stereocenters. The molecular weight excluding hydrogens is 174 g/mol. The number of nitrogens with zero attached hydrogens (tertiary/aromatic N) is 1. The Kier molecular flexibility index (Phi) is 2.68. The van der Waals surface area contributed by atoms with E-state index < -0.39 is 0 Å². The van der Waals surface area contributed by atoms with Crippen LogP contribution in [0.1, 0.15) is 17.7 Å². The molecule has 1 saturated heterocycles. The van der Waals surface area contributed by atoms with Crippen LogP contribution in [0, 0.1) is 13.8 Å². The minimum Gasteiger partial charge on any atom is -0.381 e. The SMILES string of the molecule is Cc1nccc(NC2CCNC2)c1C. The molecule has 1 fully saturated rings. The third-order valence-electron chi connectivity index (χ3n) is 2.88. The van der Waals surface area contributed by atoms with Gasteiger partial charge in [-0.2, -0.15) is 0 Å². The predicted molar refractivity (Wildman–Crippen MR) is 58.6 cm³/mol. The van der Waals surface area contributed by atoms with E-state index in [4.69, 9.17) is 0 Å². The van der Waals surface area contributed by atoms with E-state index in [0.717, 1.165) is 18.8 Å². The van der Waals surface area contributed by atoms with Crippen LogP contribution in [0.5, 0.6) is 0 Å². The van der Waals surface area contributed by atoms with Crippen molar-refractivity contribution in [1.29, 1.82) is 0 Å². The lowest BCUT2D eigenvalue weighted by atomic mass is 10.1. The first-order valence-electron chi connectivity index (χ1n) is 5.17. The van der Waals surface area contributed by atoms with Crippen molar-refractivity contribution in [2.24, 2.45) is 0 Å². The smallest absolute Gasteiger partial charge is 0.0422 e. The highest BCUT2D eigenvalue weighted by molar-refractivity contribution is 5.52. The van der Waals surface area contributed by atoms with Crippen LogP contribution in [0.3, 0.4) is 0 Å². The van der Waals surface area contributed by atoms with Gasteiger partial charge >= 0.3 is 0 Å². The van der Waals surface area contributed by atoms with Crippen molar-refractivity contribution in [2.75, 3.05) is 18.4 Å². The summed E-state index contributed by atoms with van der Waals surface area (Å²) >= 11 is 0. The van der Waals surface area contributed by atoms with E-state index in [1.807, 2.05) is 13.1 Å². The van der Waals surface area contributed by atoms with Gasteiger partial charge < -0.3 is 10.6 Å². The Morgan fingerprint density at radius 1 is 1.50 bits per heavy atom. The van der Waals surface area contributed by atoms with E-state index >= 15 is 0 Å². The van der Waals surface area contributed by atoms with Gasteiger partial charge in [0, 0.05) is 30.2 Å². The first-order chi connectivity index (χ1) is 6.77. The second-order valence-electron chi connectivity index (χ2n) is 3.90. The number of hydrogen-bond acceptors (Lipinski definition) is 3. The summed E-state index contributed by atoms with van der Waals surface area (Å²) in [6, 6.07) is 2.64. The van der Waals surface area contributed by atoms with Crippen molar-refractivity contribution in [3.8, 4) is 0 Å². The maximum Gasteiger partial charge on any atom is 0.0422 e. The van der Waals surface area contributed by atoms with E-state index in [1.165, 1.54) is 17.7 Å². The summed E-state index contributed by atoms with van der Waals surface area (Å²) in [5.74, 6) is 0. The highest BCUT2D eigenvalue weighted by atomic mass is 15.0. The van der Waals surface area contributed by atoms with Crippen LogP contribution < -0.4 is 10.6 Å². The summed E-state index contributed by atoms with van der Waals surface area (Å²) in [4.78, 5) is 4.26. The average Bonchev–Trinajstić information content (AvgIpc) is 2.66. The normalized spacial score (nSPS) is 21.1. The van der Waals surface area contributed by atoms with Gasteiger partial charge in [-0.05, 0) is 38.4 Å². The lowest BCUT2D eigenvalue weighted by molar-refractivity contribution is 0.791. The van der Waals surface area contributed by atoms with Crippen LogP contribution in [0.2, 0.25) is 0 Å². The molecule has 2 heterocycles. The third kappa shape index (κ3) is 1.87. The van der Waals surface area contributed by atoms with Crippen LogP contribution in [-0.2, 0) is 0 Å². The number of aryl methyl sites for hydroxylation is 1. The molecule has 1 aromatic rings. The Morgan fingerprint density at radius 2 is 2.36 bits per heavy atom. The van der Waals surface area contributed by atoms with Crippen molar-refractivity contribution in [3.05, 3.63) is 23.5 Å². The zero-order chi connectivity index (χ0) is 9.97. The Labute approximate surface area is 84.9 Å². The van der Waals surface area contributed by atoms with Crippen LogP contribution in [-0.4, -0.2) is 24.1 Å². The Bertz CT molecular complexity index is 316. The molecule has 0 amide bonds. The second-order valence-corrected chi connectivity index (χ2v) is 3.90. The van der Waals surface area contributed by atoms with Crippen molar-refractivity contribution >= 4 is 5.69 Å². The predicted octanol–water partition coefficient (Wildman–Crippen LogP) is 1.47. The molecule has 0 aliphatic carbocycles. The van der Waals surface area contributed by atoms with Gasteiger partial charge in [0.05, 0.1) is 0 Å². The number of hydrogen-bond donors (Lipinski definition) is 2. The molecular formula is C11H17N3. The van der Waals surface area contributed by atoms with E-state index in [0.29, 0.717) is 6.04 Å². The largest absolute Gasteiger partial charge is 0.381 e. The van der Waals surface area contributed by atoms with Crippen LogP contribution in [0.25, 0.3) is 0 Å².